The van der Waals surface area contributed by atoms with Gasteiger partial charge in [0, 0.05) is 43.2 Å². The van der Waals surface area contributed by atoms with E-state index in [-0.39, 0.29) is 64.3 Å². The minimum absolute atomic E-state index is 0.0438. The molecule has 4 atom stereocenters. The quantitative estimate of drug-likeness (QED) is 0.149. The number of likely N-dealkylation sites (N-methyl/N-ethyl adjacent to an activating group) is 1. The molecule has 55 heavy (non-hydrogen) atoms. The number of carboxylic acid groups (broad SMARTS) is 1. The van der Waals surface area contributed by atoms with Gasteiger partial charge in [-0.3, -0.25) is 24.0 Å². The van der Waals surface area contributed by atoms with Crippen LogP contribution in [0.2, 0.25) is 0 Å². The smallest absolute Gasteiger partial charge is 0.306 e. The van der Waals surface area contributed by atoms with E-state index in [4.69, 9.17) is 26.7 Å². The number of ether oxygens (including phenoxy) is 2. The largest absolute Gasteiger partial charge is 0.492 e. The molecule has 0 fully saturated rings. The SMILES string of the molecule is Cc1ccc(C(=O)N[C@@H](CCN)C(=O)N(C)[C@@H]2C(=O)N[C@@H](C)C(=O)CCC[C@H](C(=O)O)Cc3ccc(OCCN)c(c3)-c3cc2ccc3OCCN)c(C)c1. The van der Waals surface area contributed by atoms with Gasteiger partial charge in [0.15, 0.2) is 5.78 Å². The van der Waals surface area contributed by atoms with Crippen LogP contribution in [0.25, 0.3) is 11.1 Å². The number of hydrogen-bond acceptors (Lipinski definition) is 10. The fraction of sp³-hybridized carbons (Fsp3) is 0.439. The van der Waals surface area contributed by atoms with Crippen molar-refractivity contribution in [3.63, 3.8) is 0 Å². The Kier molecular flexibility index (Phi) is 15.3. The first kappa shape index (κ1) is 42.4. The zero-order chi connectivity index (χ0) is 40.2. The monoisotopic (exact) mass is 758 g/mol. The third-order valence-electron chi connectivity index (χ3n) is 9.72. The van der Waals surface area contributed by atoms with Crippen molar-refractivity contribution in [2.45, 2.75) is 71.0 Å². The third kappa shape index (κ3) is 10.9. The molecule has 0 saturated carbocycles. The highest BCUT2D eigenvalue weighted by atomic mass is 16.5. The molecule has 3 amide bonds. The second-order valence-corrected chi connectivity index (χ2v) is 14.0. The van der Waals surface area contributed by atoms with Gasteiger partial charge in [0.05, 0.1) is 12.0 Å². The Morgan fingerprint density at radius 2 is 1.58 bits per heavy atom. The summed E-state index contributed by atoms with van der Waals surface area (Å²) in [4.78, 5) is 69.1. The van der Waals surface area contributed by atoms with Crippen LogP contribution in [0, 0.1) is 19.8 Å². The van der Waals surface area contributed by atoms with Crippen molar-refractivity contribution in [3.05, 3.63) is 82.4 Å². The molecule has 0 unspecified atom stereocenters. The zero-order valence-electron chi connectivity index (χ0n) is 32.1. The van der Waals surface area contributed by atoms with Gasteiger partial charge in [-0.25, -0.2) is 0 Å². The summed E-state index contributed by atoms with van der Waals surface area (Å²) >= 11 is 0. The van der Waals surface area contributed by atoms with Gasteiger partial charge in [-0.15, -0.1) is 0 Å². The predicted octanol–water partition coefficient (Wildman–Crippen LogP) is 2.79. The topological polar surface area (TPSA) is 229 Å². The molecule has 0 radical (unpaired) electrons. The van der Waals surface area contributed by atoms with E-state index in [0.717, 1.165) is 11.1 Å². The van der Waals surface area contributed by atoms with Crippen molar-refractivity contribution in [3.8, 4) is 22.6 Å². The zero-order valence-corrected chi connectivity index (χ0v) is 32.1. The third-order valence-corrected chi connectivity index (χ3v) is 9.72. The number of nitrogens with two attached hydrogens (primary N) is 3. The van der Waals surface area contributed by atoms with Crippen LogP contribution in [0.5, 0.6) is 11.5 Å². The Balaban J connectivity index is 1.88. The van der Waals surface area contributed by atoms with Crippen LogP contribution < -0.4 is 37.3 Å². The first-order valence-corrected chi connectivity index (χ1v) is 18.6. The van der Waals surface area contributed by atoms with E-state index in [2.05, 4.69) is 10.6 Å². The maximum Gasteiger partial charge on any atom is 0.306 e. The van der Waals surface area contributed by atoms with Gasteiger partial charge in [-0.1, -0.05) is 29.8 Å². The van der Waals surface area contributed by atoms with E-state index in [1.54, 1.807) is 43.3 Å². The maximum atomic E-state index is 14.4. The number of ketones is 1. The Morgan fingerprint density at radius 3 is 2.20 bits per heavy atom. The summed E-state index contributed by atoms with van der Waals surface area (Å²) in [6.07, 6.45) is 0.849. The number of aliphatic carboxylic acids is 1. The normalized spacial score (nSPS) is 18.1. The lowest BCUT2D eigenvalue weighted by atomic mass is 9.90. The molecule has 0 aromatic heterocycles. The Morgan fingerprint density at radius 1 is 0.927 bits per heavy atom. The molecule has 1 aliphatic heterocycles. The van der Waals surface area contributed by atoms with Crippen molar-refractivity contribution in [1.29, 1.82) is 0 Å². The maximum absolute atomic E-state index is 14.4. The molecule has 4 bridgehead atoms. The van der Waals surface area contributed by atoms with Crippen LogP contribution in [0.1, 0.15) is 71.3 Å². The number of amides is 3. The van der Waals surface area contributed by atoms with Gasteiger partial charge in [0.1, 0.15) is 36.8 Å². The number of fused-ring (bicyclic) bond motifs is 5. The number of nitrogens with one attached hydrogen (secondary N) is 2. The molecule has 1 aliphatic rings. The lowest BCUT2D eigenvalue weighted by molar-refractivity contribution is -0.142. The van der Waals surface area contributed by atoms with E-state index in [9.17, 15) is 29.1 Å². The number of nitrogens with zero attached hydrogens (tertiary/aromatic N) is 1. The van der Waals surface area contributed by atoms with Crippen LogP contribution in [-0.4, -0.2) is 91.5 Å². The van der Waals surface area contributed by atoms with Gasteiger partial charge in [-0.05, 0) is 100 Å². The number of carboxylic acids is 1. The molecule has 0 saturated heterocycles. The molecule has 0 aliphatic carbocycles. The molecule has 3 aromatic carbocycles. The number of carbonyl (C=O) groups is 5. The van der Waals surface area contributed by atoms with Gasteiger partial charge in [0.25, 0.3) is 5.91 Å². The summed E-state index contributed by atoms with van der Waals surface area (Å²) < 4.78 is 12.1. The van der Waals surface area contributed by atoms with E-state index in [0.29, 0.717) is 45.7 Å². The highest BCUT2D eigenvalue weighted by Crippen LogP contribution is 2.40. The van der Waals surface area contributed by atoms with Gasteiger partial charge in [-0.2, -0.15) is 0 Å². The van der Waals surface area contributed by atoms with Gasteiger partial charge >= 0.3 is 5.97 Å². The standard InChI is InChI=1S/C41H54N6O8/c1-24-8-11-30(25(2)20-24)38(49)46-33(14-15-42)40(51)47(4)37-28-10-13-36(55-19-17-44)32(23-28)31-22-27(9-12-35(31)54-18-16-43)21-29(41(52)53)6-5-7-34(48)26(3)45-39(37)50/h8-13,20,22-23,26,29,33,37H,5-7,14-19,21,42-44H2,1-4H3,(H,45,50)(H,46,49)(H,52,53)/t26-,29-,33-,37-/m0/s1. The van der Waals surface area contributed by atoms with Crippen molar-refractivity contribution < 1.29 is 38.6 Å². The van der Waals surface area contributed by atoms with Crippen molar-refractivity contribution in [2.75, 3.05) is 39.9 Å². The number of rotatable bonds is 13. The Labute approximate surface area is 322 Å². The molecule has 9 N–H and O–H groups in total. The molecule has 14 heteroatoms. The van der Waals surface area contributed by atoms with E-state index in [1.807, 2.05) is 32.0 Å². The molecule has 296 valence electrons. The summed E-state index contributed by atoms with van der Waals surface area (Å²) in [5.41, 5.74) is 21.8. The molecule has 1 heterocycles. The minimum Gasteiger partial charge on any atom is -0.492 e. The number of hydrogen-bond donors (Lipinski definition) is 6. The van der Waals surface area contributed by atoms with E-state index < -0.39 is 47.7 Å². The van der Waals surface area contributed by atoms with Crippen LogP contribution in [0.4, 0.5) is 0 Å². The van der Waals surface area contributed by atoms with Crippen molar-refractivity contribution >= 4 is 29.5 Å². The highest BCUT2D eigenvalue weighted by molar-refractivity contribution is 6.00. The Bertz CT molecular complexity index is 1870. The second kappa shape index (κ2) is 19.9. The first-order chi connectivity index (χ1) is 26.3. The molecule has 4 rings (SSSR count). The van der Waals surface area contributed by atoms with Crippen LogP contribution in [0.15, 0.2) is 54.6 Å². The van der Waals surface area contributed by atoms with E-state index >= 15 is 0 Å². The summed E-state index contributed by atoms with van der Waals surface area (Å²) in [6, 6.07) is 12.4. The summed E-state index contributed by atoms with van der Waals surface area (Å²) in [6.45, 7) is 6.15. The number of carbonyl (C=O) groups excluding carboxylic acids is 4. The number of benzene rings is 3. The molecule has 3 aromatic rings. The summed E-state index contributed by atoms with van der Waals surface area (Å²) in [5, 5.41) is 15.7. The Hall–Kier alpha value is -5.31. The van der Waals surface area contributed by atoms with Crippen molar-refractivity contribution in [1.82, 2.24) is 15.5 Å². The highest BCUT2D eigenvalue weighted by Gasteiger charge is 2.35. The van der Waals surface area contributed by atoms with Crippen LogP contribution >= 0.6 is 0 Å². The minimum atomic E-state index is -1.29. The average molecular weight is 759 g/mol. The summed E-state index contributed by atoms with van der Waals surface area (Å²) in [5.74, 6) is -2.87. The molecule has 14 nitrogen and oxygen atoms in total. The summed E-state index contributed by atoms with van der Waals surface area (Å²) in [7, 11) is 1.46. The lowest BCUT2D eigenvalue weighted by Gasteiger charge is -2.32. The van der Waals surface area contributed by atoms with Crippen LogP contribution in [-0.2, 0) is 25.6 Å². The molecular formula is C41H54N6O8. The van der Waals surface area contributed by atoms with Gasteiger partial charge < -0.3 is 47.3 Å². The average Bonchev–Trinajstić information content (AvgIpc) is 3.15. The second-order valence-electron chi connectivity index (χ2n) is 14.0. The number of Topliss-reactive ketones (excluding diaryl/α,β-unsaturated/α-hetero) is 1. The van der Waals surface area contributed by atoms with Gasteiger partial charge in [0.2, 0.25) is 11.8 Å². The predicted molar refractivity (Wildman–Crippen MR) is 209 cm³/mol. The van der Waals surface area contributed by atoms with E-state index in [1.165, 1.54) is 11.9 Å². The fourth-order valence-corrected chi connectivity index (χ4v) is 6.79. The van der Waals surface area contributed by atoms with Crippen LogP contribution in [0.3, 0.4) is 0 Å². The molecular weight excluding hydrogens is 704 g/mol. The van der Waals surface area contributed by atoms with Crippen molar-refractivity contribution in [2.24, 2.45) is 23.1 Å². The fourth-order valence-electron chi connectivity index (χ4n) is 6.79. The first-order valence-electron chi connectivity index (χ1n) is 18.6. The lowest BCUT2D eigenvalue weighted by Crippen LogP contribution is -2.52. The number of aryl methyl sites for hydroxylation is 2. The molecule has 0 spiro atoms.